The average molecular weight is 198 g/mol. The molecule has 2 nitrogen and oxygen atoms in total. The Balaban J connectivity index is 2.04. The van der Waals surface area contributed by atoms with Crippen molar-refractivity contribution in [1.29, 1.82) is 0 Å². The highest BCUT2D eigenvalue weighted by molar-refractivity contribution is 4.74. The Labute approximate surface area is 89.1 Å². The van der Waals surface area contributed by atoms with E-state index in [1.807, 2.05) is 0 Å². The molecule has 0 amide bonds. The summed E-state index contributed by atoms with van der Waals surface area (Å²) in [6.07, 6.45) is 4.35. The summed E-state index contributed by atoms with van der Waals surface area (Å²) in [4.78, 5) is 2.48. The van der Waals surface area contributed by atoms with Crippen LogP contribution in [-0.2, 0) is 0 Å². The van der Waals surface area contributed by atoms with Crippen LogP contribution < -0.4 is 5.32 Å². The summed E-state index contributed by atoms with van der Waals surface area (Å²) in [5.74, 6) is 0.981. The molecule has 0 aromatic carbocycles. The third kappa shape index (κ3) is 3.97. The zero-order valence-corrected chi connectivity index (χ0v) is 10.1. The van der Waals surface area contributed by atoms with Gasteiger partial charge in [0.1, 0.15) is 0 Å². The monoisotopic (exact) mass is 198 g/mol. The molecule has 0 spiro atoms. The Morgan fingerprint density at radius 2 is 1.93 bits per heavy atom. The van der Waals surface area contributed by atoms with E-state index in [0.717, 1.165) is 5.92 Å². The molecule has 1 saturated carbocycles. The van der Waals surface area contributed by atoms with Crippen LogP contribution in [0.15, 0.2) is 0 Å². The minimum absolute atomic E-state index is 0.649. The van der Waals surface area contributed by atoms with Gasteiger partial charge >= 0.3 is 0 Å². The molecule has 0 radical (unpaired) electrons. The van der Waals surface area contributed by atoms with Crippen LogP contribution in [0.4, 0.5) is 0 Å². The van der Waals surface area contributed by atoms with Crippen molar-refractivity contribution in [1.82, 2.24) is 10.2 Å². The molecule has 0 aromatic heterocycles. The van der Waals surface area contributed by atoms with Gasteiger partial charge in [0, 0.05) is 12.6 Å². The fraction of sp³-hybridized carbons (Fsp3) is 1.00. The maximum absolute atomic E-state index is 3.64. The molecule has 1 N–H and O–H groups in total. The lowest BCUT2D eigenvalue weighted by Gasteiger charge is -2.29. The Kier molecular flexibility index (Phi) is 5.49. The number of nitrogens with one attached hydrogen (secondary N) is 1. The zero-order valence-electron chi connectivity index (χ0n) is 10.1. The molecule has 0 bridgehead atoms. The summed E-state index contributed by atoms with van der Waals surface area (Å²) in [5.41, 5.74) is 0. The molecule has 1 unspecified atom stereocenters. The van der Waals surface area contributed by atoms with E-state index >= 15 is 0 Å². The summed E-state index contributed by atoms with van der Waals surface area (Å²) in [5, 5.41) is 3.64. The van der Waals surface area contributed by atoms with Gasteiger partial charge in [-0.05, 0) is 45.3 Å². The van der Waals surface area contributed by atoms with Gasteiger partial charge in [0.05, 0.1) is 0 Å². The van der Waals surface area contributed by atoms with Crippen molar-refractivity contribution in [2.75, 3.05) is 26.2 Å². The number of hydrogen-bond acceptors (Lipinski definition) is 2. The second-order valence-electron chi connectivity index (χ2n) is 4.59. The van der Waals surface area contributed by atoms with Crippen LogP contribution >= 0.6 is 0 Å². The fourth-order valence-electron chi connectivity index (χ4n) is 2.00. The molecule has 1 aliphatic rings. The highest BCUT2D eigenvalue weighted by Gasteiger charge is 2.17. The second kappa shape index (κ2) is 6.41. The van der Waals surface area contributed by atoms with Gasteiger partial charge in [0.25, 0.3) is 0 Å². The first kappa shape index (κ1) is 12.0. The molecular formula is C12H26N2. The van der Waals surface area contributed by atoms with Crippen molar-refractivity contribution in [2.24, 2.45) is 5.92 Å². The molecule has 2 heteroatoms. The maximum atomic E-state index is 3.64. The van der Waals surface area contributed by atoms with Crippen LogP contribution in [0.25, 0.3) is 0 Å². The third-order valence-electron chi connectivity index (χ3n) is 3.41. The molecule has 84 valence electrons. The van der Waals surface area contributed by atoms with Gasteiger partial charge in [-0.25, -0.2) is 0 Å². The highest BCUT2D eigenvalue weighted by Crippen LogP contribution is 2.25. The molecule has 0 saturated heterocycles. The minimum atomic E-state index is 0.649. The molecule has 1 fully saturated rings. The van der Waals surface area contributed by atoms with Crippen molar-refractivity contribution in [2.45, 2.75) is 46.1 Å². The number of likely N-dealkylation sites (N-methyl/N-ethyl adjacent to an activating group) is 1. The molecule has 1 rings (SSSR count). The van der Waals surface area contributed by atoms with Gasteiger partial charge in [-0.15, -0.1) is 0 Å². The van der Waals surface area contributed by atoms with Crippen LogP contribution in [0.5, 0.6) is 0 Å². The van der Waals surface area contributed by atoms with Gasteiger partial charge in [-0.1, -0.05) is 20.3 Å². The number of rotatable bonds is 7. The van der Waals surface area contributed by atoms with Crippen molar-refractivity contribution >= 4 is 0 Å². The van der Waals surface area contributed by atoms with E-state index in [4.69, 9.17) is 0 Å². The third-order valence-corrected chi connectivity index (χ3v) is 3.41. The van der Waals surface area contributed by atoms with Gasteiger partial charge < -0.3 is 10.2 Å². The standard InChI is InChI=1S/C12H26N2/c1-4-14(5-2)10-11(3)13-9-12-7-6-8-12/h11-13H,4-10H2,1-3H3. The van der Waals surface area contributed by atoms with E-state index in [-0.39, 0.29) is 0 Å². The van der Waals surface area contributed by atoms with Crippen LogP contribution in [0, 0.1) is 5.92 Å². The second-order valence-corrected chi connectivity index (χ2v) is 4.59. The van der Waals surface area contributed by atoms with Crippen LogP contribution in [-0.4, -0.2) is 37.1 Å². The summed E-state index contributed by atoms with van der Waals surface area (Å²) in [6.45, 7) is 11.6. The first-order chi connectivity index (χ1) is 6.76. The van der Waals surface area contributed by atoms with Gasteiger partial charge in [-0.3, -0.25) is 0 Å². The first-order valence-corrected chi connectivity index (χ1v) is 6.22. The highest BCUT2D eigenvalue weighted by atomic mass is 15.1. The smallest absolute Gasteiger partial charge is 0.0166 e. The molecule has 1 atom stereocenters. The van der Waals surface area contributed by atoms with Crippen molar-refractivity contribution in [3.63, 3.8) is 0 Å². The molecule has 0 heterocycles. The van der Waals surface area contributed by atoms with Gasteiger partial charge in [-0.2, -0.15) is 0 Å². The van der Waals surface area contributed by atoms with Gasteiger partial charge in [0.2, 0.25) is 0 Å². The van der Waals surface area contributed by atoms with Crippen molar-refractivity contribution < 1.29 is 0 Å². The zero-order chi connectivity index (χ0) is 10.4. The number of nitrogens with zero attached hydrogens (tertiary/aromatic N) is 1. The quantitative estimate of drug-likeness (QED) is 0.674. The molecule has 0 aliphatic heterocycles. The molecule has 0 aromatic rings. The Bertz CT molecular complexity index is 139. The lowest BCUT2D eigenvalue weighted by atomic mass is 9.85. The molecule has 14 heavy (non-hydrogen) atoms. The fourth-order valence-corrected chi connectivity index (χ4v) is 2.00. The van der Waals surface area contributed by atoms with E-state index in [1.54, 1.807) is 0 Å². The SMILES string of the molecule is CCN(CC)CC(C)NCC1CCC1. The van der Waals surface area contributed by atoms with Crippen molar-refractivity contribution in [3.05, 3.63) is 0 Å². The molecule has 1 aliphatic carbocycles. The Morgan fingerprint density at radius 1 is 1.29 bits per heavy atom. The molecular weight excluding hydrogens is 172 g/mol. The van der Waals surface area contributed by atoms with Crippen molar-refractivity contribution in [3.8, 4) is 0 Å². The normalized spacial score (nSPS) is 19.7. The lowest BCUT2D eigenvalue weighted by molar-refractivity contribution is 0.245. The lowest BCUT2D eigenvalue weighted by Crippen LogP contribution is -2.41. The van der Waals surface area contributed by atoms with Gasteiger partial charge in [0.15, 0.2) is 0 Å². The first-order valence-electron chi connectivity index (χ1n) is 6.22. The summed E-state index contributed by atoms with van der Waals surface area (Å²) in [6, 6.07) is 0.649. The predicted molar refractivity (Wildman–Crippen MR) is 62.6 cm³/mol. The largest absolute Gasteiger partial charge is 0.313 e. The summed E-state index contributed by atoms with van der Waals surface area (Å²) >= 11 is 0. The van der Waals surface area contributed by atoms with E-state index in [9.17, 15) is 0 Å². The summed E-state index contributed by atoms with van der Waals surface area (Å²) in [7, 11) is 0. The van der Waals surface area contributed by atoms with Crippen LogP contribution in [0.3, 0.4) is 0 Å². The van der Waals surface area contributed by atoms with E-state index in [2.05, 4.69) is 31.0 Å². The van der Waals surface area contributed by atoms with Crippen LogP contribution in [0.2, 0.25) is 0 Å². The minimum Gasteiger partial charge on any atom is -0.313 e. The Hall–Kier alpha value is -0.0800. The maximum Gasteiger partial charge on any atom is 0.0166 e. The van der Waals surface area contributed by atoms with E-state index < -0.39 is 0 Å². The Morgan fingerprint density at radius 3 is 2.36 bits per heavy atom. The van der Waals surface area contributed by atoms with E-state index in [0.29, 0.717) is 6.04 Å². The summed E-state index contributed by atoms with van der Waals surface area (Å²) < 4.78 is 0. The van der Waals surface area contributed by atoms with Crippen LogP contribution in [0.1, 0.15) is 40.0 Å². The predicted octanol–water partition coefficient (Wildman–Crippen LogP) is 2.11. The average Bonchev–Trinajstić information content (AvgIpc) is 2.11. The topological polar surface area (TPSA) is 15.3 Å². The van der Waals surface area contributed by atoms with E-state index in [1.165, 1.54) is 45.4 Å². The number of hydrogen-bond donors (Lipinski definition) is 1.